The highest BCUT2D eigenvalue weighted by Crippen LogP contribution is 2.45. The molecule has 0 aromatic heterocycles. The molecule has 576 valence electrons. The third-order valence-electron chi connectivity index (χ3n) is 15.7. The molecule has 4 N–H and O–H groups in total. The summed E-state index contributed by atoms with van der Waals surface area (Å²) >= 11 is 0. The molecule has 0 aliphatic rings. The van der Waals surface area contributed by atoms with Gasteiger partial charge < -0.3 is 34.2 Å². The molecule has 0 fully saturated rings. The molecule has 5 atom stereocenters. The summed E-state index contributed by atoms with van der Waals surface area (Å²) in [5.41, 5.74) is 0. The van der Waals surface area contributed by atoms with Crippen LogP contribution in [0.15, 0.2) is 158 Å². The van der Waals surface area contributed by atoms with E-state index in [2.05, 4.69) is 179 Å². The number of unbranched alkanes of at least 4 members (excludes halogenated alkanes) is 23. The van der Waals surface area contributed by atoms with Crippen LogP contribution in [-0.2, 0) is 55.8 Å². The SMILES string of the molecule is CC/C=C\C/C=C\C/C=C\C/C=C\C/C=C\C/C=C\CCCCCCC(=O)OCC(COP(=O)(O)OCC(O)COP(=O)(O)OCC(O)COC(=O)CCCCCCCCCCCCC/C=C\C/C=C\C/C=C\C/C=C\C/C=C\CC)OC(=O)CCCCCCC/C=C\C/C=C\CCCCC. The molecule has 0 bridgehead atoms. The number of phosphoric ester groups is 2. The van der Waals surface area contributed by atoms with Crippen LogP contribution in [0.1, 0.15) is 290 Å². The predicted molar refractivity (Wildman–Crippen MR) is 417 cm³/mol. The highest BCUT2D eigenvalue weighted by atomic mass is 31.2. The van der Waals surface area contributed by atoms with Crippen molar-refractivity contribution in [1.29, 1.82) is 0 Å². The van der Waals surface area contributed by atoms with Gasteiger partial charge in [-0.25, -0.2) is 9.13 Å². The van der Waals surface area contributed by atoms with Crippen LogP contribution in [0.5, 0.6) is 0 Å². The molecule has 0 aliphatic heterocycles. The van der Waals surface area contributed by atoms with Crippen LogP contribution in [0.2, 0.25) is 0 Å². The van der Waals surface area contributed by atoms with Crippen molar-refractivity contribution < 1.29 is 75.8 Å². The van der Waals surface area contributed by atoms with Crippen LogP contribution in [0.3, 0.4) is 0 Å². The van der Waals surface area contributed by atoms with Crippen LogP contribution < -0.4 is 0 Å². The molecule has 0 radical (unpaired) electrons. The minimum atomic E-state index is -4.95. The molecule has 101 heavy (non-hydrogen) atoms. The number of rotatable bonds is 72. The third-order valence-corrected chi connectivity index (χ3v) is 17.6. The molecular formula is C83H138O16P2. The Balaban J connectivity index is 4.62. The van der Waals surface area contributed by atoms with Crippen molar-refractivity contribution in [3.8, 4) is 0 Å². The van der Waals surface area contributed by atoms with E-state index in [0.29, 0.717) is 19.3 Å². The number of aliphatic hydroxyl groups is 2. The fraction of sp³-hybridized carbons (Fsp3) is 0.651. The second-order valence-corrected chi connectivity index (χ2v) is 28.3. The Morgan fingerprint density at radius 2 is 0.525 bits per heavy atom. The molecule has 0 heterocycles. The molecule has 0 rings (SSSR count). The molecule has 0 spiro atoms. The molecular weight excluding hydrogens is 1310 g/mol. The Hall–Kier alpha value is -4.83. The second kappa shape index (κ2) is 74.9. The minimum absolute atomic E-state index is 0.0776. The zero-order valence-corrected chi connectivity index (χ0v) is 64.6. The molecule has 0 aromatic rings. The quantitative estimate of drug-likeness (QED) is 0.0146. The first-order chi connectivity index (χ1) is 49.2. The first-order valence-electron chi connectivity index (χ1n) is 38.8. The molecule has 0 aromatic carbocycles. The van der Waals surface area contributed by atoms with Gasteiger partial charge in [0.15, 0.2) is 6.10 Å². The monoisotopic (exact) mass is 1450 g/mol. The molecule has 0 amide bonds. The van der Waals surface area contributed by atoms with Crippen LogP contribution in [0, 0.1) is 0 Å². The Morgan fingerprint density at radius 1 is 0.287 bits per heavy atom. The van der Waals surface area contributed by atoms with Gasteiger partial charge in [0.1, 0.15) is 25.4 Å². The lowest BCUT2D eigenvalue weighted by Crippen LogP contribution is -2.30. The van der Waals surface area contributed by atoms with Crippen LogP contribution in [0.25, 0.3) is 0 Å². The molecule has 0 saturated carbocycles. The van der Waals surface area contributed by atoms with E-state index in [1.807, 2.05) is 0 Å². The molecule has 5 unspecified atom stereocenters. The fourth-order valence-electron chi connectivity index (χ4n) is 9.87. The summed E-state index contributed by atoms with van der Waals surface area (Å²) in [4.78, 5) is 58.6. The van der Waals surface area contributed by atoms with Crippen molar-refractivity contribution >= 4 is 33.6 Å². The van der Waals surface area contributed by atoms with Crippen molar-refractivity contribution in [2.75, 3.05) is 39.6 Å². The zero-order valence-electron chi connectivity index (χ0n) is 62.8. The predicted octanol–water partition coefficient (Wildman–Crippen LogP) is 22.6. The van der Waals surface area contributed by atoms with E-state index in [4.69, 9.17) is 32.3 Å². The number of hydrogen-bond donors (Lipinski definition) is 4. The molecule has 0 aliphatic carbocycles. The first-order valence-corrected chi connectivity index (χ1v) is 41.8. The van der Waals surface area contributed by atoms with Crippen molar-refractivity contribution in [3.63, 3.8) is 0 Å². The van der Waals surface area contributed by atoms with E-state index >= 15 is 0 Å². The fourth-order valence-corrected chi connectivity index (χ4v) is 11.5. The number of esters is 3. The average molecular weight is 1450 g/mol. The third kappa shape index (κ3) is 76.1. The summed E-state index contributed by atoms with van der Waals surface area (Å²) in [6, 6.07) is 0. The van der Waals surface area contributed by atoms with Gasteiger partial charge in [0.2, 0.25) is 0 Å². The maximum absolute atomic E-state index is 13.0. The van der Waals surface area contributed by atoms with Crippen molar-refractivity contribution in [2.24, 2.45) is 0 Å². The lowest BCUT2D eigenvalue weighted by atomic mass is 10.0. The van der Waals surface area contributed by atoms with Gasteiger partial charge in [0.05, 0.1) is 26.4 Å². The van der Waals surface area contributed by atoms with Gasteiger partial charge in [-0.2, -0.15) is 0 Å². The Kier molecular flexibility index (Phi) is 71.3. The Labute approximate surface area is 612 Å². The van der Waals surface area contributed by atoms with E-state index in [0.717, 1.165) is 167 Å². The smallest absolute Gasteiger partial charge is 0.463 e. The average Bonchev–Trinajstić information content (AvgIpc) is 0.944. The number of carbonyl (C=O) groups excluding carboxylic acids is 3. The zero-order chi connectivity index (χ0) is 73.7. The summed E-state index contributed by atoms with van der Waals surface area (Å²) < 4.78 is 61.1. The standard InChI is InChI=1S/C83H138O16P2/c1-4-7-10-13-16-19-22-25-28-30-32-34-36-37-38-39-41-43-44-46-49-51-54-57-60-63-66-69-81(86)93-72-78(84)73-95-100(89,90)96-74-79(85)75-97-101(91,92)98-77-80(99-83(88)71-68-65-62-59-56-53-48-27-24-21-18-15-12-9-6-3)76-94-82(87)70-67-64-61-58-55-52-50-47-45-42-40-35-33-31-29-26-23-20-17-14-11-8-5-2/h7-8,10-11,16-21,25-29,32-35,37-38,42,45,48,50,52,78-80,84-85H,4-6,9,12-15,22-24,30-31,36,39-41,43-44,46-47,49,51,53-77H2,1-3H3,(H,89,90)(H,91,92)/b10-7-,11-8-,19-16-,20-17-,21-18-,28-25-,29-26-,34-32-,35-33-,38-37-,45-42-,48-27-,52-50-. The van der Waals surface area contributed by atoms with E-state index in [1.165, 1.54) is 64.2 Å². The van der Waals surface area contributed by atoms with E-state index in [9.17, 15) is 43.5 Å². The van der Waals surface area contributed by atoms with Crippen LogP contribution >= 0.6 is 15.6 Å². The van der Waals surface area contributed by atoms with Crippen LogP contribution in [-0.4, -0.2) is 95.9 Å². The molecule has 16 nitrogen and oxygen atoms in total. The Morgan fingerprint density at radius 3 is 0.832 bits per heavy atom. The maximum atomic E-state index is 13.0. The number of allylic oxidation sites excluding steroid dienone is 26. The molecule has 18 heteroatoms. The maximum Gasteiger partial charge on any atom is 0.472 e. The second-order valence-electron chi connectivity index (χ2n) is 25.4. The van der Waals surface area contributed by atoms with Crippen LogP contribution in [0.4, 0.5) is 0 Å². The summed E-state index contributed by atoms with van der Waals surface area (Å²) in [6.07, 6.45) is 92.8. The van der Waals surface area contributed by atoms with Crippen molar-refractivity contribution in [2.45, 2.75) is 309 Å². The number of ether oxygens (including phenoxy) is 3. The molecule has 0 saturated heterocycles. The highest BCUT2D eigenvalue weighted by Gasteiger charge is 2.29. The normalized spacial score (nSPS) is 14.9. The topological polar surface area (TPSA) is 231 Å². The van der Waals surface area contributed by atoms with E-state index in [1.54, 1.807) is 0 Å². The van der Waals surface area contributed by atoms with Gasteiger partial charge in [-0.05, 0) is 148 Å². The van der Waals surface area contributed by atoms with Gasteiger partial charge >= 0.3 is 33.6 Å². The lowest BCUT2D eigenvalue weighted by Gasteiger charge is -2.21. The van der Waals surface area contributed by atoms with Gasteiger partial charge in [-0.15, -0.1) is 0 Å². The lowest BCUT2D eigenvalue weighted by molar-refractivity contribution is -0.161. The number of carbonyl (C=O) groups is 3. The van der Waals surface area contributed by atoms with Gasteiger partial charge in [-0.1, -0.05) is 281 Å². The minimum Gasteiger partial charge on any atom is -0.463 e. The number of phosphoric acid groups is 2. The first kappa shape index (κ1) is 96.2. The van der Waals surface area contributed by atoms with Gasteiger partial charge in [0, 0.05) is 19.3 Å². The van der Waals surface area contributed by atoms with Crippen molar-refractivity contribution in [3.05, 3.63) is 158 Å². The van der Waals surface area contributed by atoms with E-state index < -0.39 is 91.5 Å². The van der Waals surface area contributed by atoms with Crippen molar-refractivity contribution in [1.82, 2.24) is 0 Å². The van der Waals surface area contributed by atoms with E-state index in [-0.39, 0.29) is 19.3 Å². The summed E-state index contributed by atoms with van der Waals surface area (Å²) in [7, 11) is -9.81. The number of aliphatic hydroxyl groups excluding tert-OH is 2. The largest absolute Gasteiger partial charge is 0.472 e. The highest BCUT2D eigenvalue weighted by molar-refractivity contribution is 7.47. The number of hydrogen-bond acceptors (Lipinski definition) is 14. The summed E-state index contributed by atoms with van der Waals surface area (Å²) in [5, 5.41) is 20.6. The Bertz CT molecular complexity index is 2470. The summed E-state index contributed by atoms with van der Waals surface area (Å²) in [6.45, 7) is 2.37. The van der Waals surface area contributed by atoms with Gasteiger partial charge in [0.25, 0.3) is 0 Å². The van der Waals surface area contributed by atoms with Gasteiger partial charge in [-0.3, -0.25) is 32.5 Å². The summed E-state index contributed by atoms with van der Waals surface area (Å²) in [5.74, 6) is -1.63.